The van der Waals surface area contributed by atoms with Crippen LogP contribution < -0.4 is 14.4 Å². The molecular formula is C20H19N5O3. The summed E-state index contributed by atoms with van der Waals surface area (Å²) in [7, 11) is 3.13. The van der Waals surface area contributed by atoms with E-state index in [-0.39, 0.29) is 11.9 Å². The summed E-state index contributed by atoms with van der Waals surface area (Å²) in [5.41, 5.74) is 1.97. The summed E-state index contributed by atoms with van der Waals surface area (Å²) in [5.74, 6) is 1.87. The maximum atomic E-state index is 13.2. The van der Waals surface area contributed by atoms with E-state index in [1.165, 1.54) is 0 Å². The van der Waals surface area contributed by atoms with E-state index in [0.717, 1.165) is 5.56 Å². The average Bonchev–Trinajstić information content (AvgIpc) is 3.04. The molecule has 0 bridgehead atoms. The largest absolute Gasteiger partial charge is 0.493 e. The van der Waals surface area contributed by atoms with Crippen LogP contribution in [-0.2, 0) is 0 Å². The Morgan fingerprint density at radius 1 is 1.07 bits per heavy atom. The zero-order valence-corrected chi connectivity index (χ0v) is 15.8. The van der Waals surface area contributed by atoms with Crippen molar-refractivity contribution in [3.05, 3.63) is 54.1 Å². The van der Waals surface area contributed by atoms with Crippen molar-refractivity contribution in [3.63, 3.8) is 0 Å². The molecule has 0 spiro atoms. The number of rotatable bonds is 5. The number of benzene rings is 1. The lowest BCUT2D eigenvalue weighted by molar-refractivity contribution is 0.0989. The number of amides is 1. The molecule has 0 N–H and O–H groups in total. The zero-order valence-electron chi connectivity index (χ0n) is 15.8. The molecule has 142 valence electrons. The Kier molecular flexibility index (Phi) is 4.60. The van der Waals surface area contributed by atoms with Crippen molar-refractivity contribution in [2.45, 2.75) is 19.4 Å². The van der Waals surface area contributed by atoms with E-state index >= 15 is 0 Å². The van der Waals surface area contributed by atoms with Crippen LogP contribution in [0.4, 0.5) is 5.82 Å². The number of nitrogens with zero attached hydrogens (tertiary/aromatic N) is 5. The fourth-order valence-electron chi connectivity index (χ4n) is 3.44. The van der Waals surface area contributed by atoms with Crippen LogP contribution in [0.1, 0.15) is 35.3 Å². The Morgan fingerprint density at radius 2 is 1.79 bits per heavy atom. The summed E-state index contributed by atoms with van der Waals surface area (Å²) in [6, 6.07) is 5.13. The SMILES string of the molecule is CC[C@@H]1c2cc(OC)c(OC)cc2C(=O)N1c1cncc(-c2ncccn2)n1. The molecule has 1 amide bonds. The van der Waals surface area contributed by atoms with E-state index in [9.17, 15) is 4.79 Å². The summed E-state index contributed by atoms with van der Waals surface area (Å²) < 4.78 is 10.8. The van der Waals surface area contributed by atoms with Crippen LogP contribution in [0.15, 0.2) is 43.0 Å². The van der Waals surface area contributed by atoms with Crippen LogP contribution in [0.3, 0.4) is 0 Å². The minimum atomic E-state index is -0.177. The van der Waals surface area contributed by atoms with Crippen LogP contribution in [-0.4, -0.2) is 40.1 Å². The number of hydrogen-bond donors (Lipinski definition) is 0. The fourth-order valence-corrected chi connectivity index (χ4v) is 3.44. The molecule has 0 radical (unpaired) electrons. The number of aromatic nitrogens is 4. The van der Waals surface area contributed by atoms with Crippen molar-refractivity contribution in [1.29, 1.82) is 0 Å². The molecule has 0 saturated carbocycles. The molecule has 1 aromatic carbocycles. The van der Waals surface area contributed by atoms with E-state index in [1.807, 2.05) is 13.0 Å². The highest BCUT2D eigenvalue weighted by molar-refractivity contribution is 6.11. The van der Waals surface area contributed by atoms with Gasteiger partial charge in [-0.3, -0.25) is 14.7 Å². The second-order valence-corrected chi connectivity index (χ2v) is 6.23. The van der Waals surface area contributed by atoms with Crippen LogP contribution in [0, 0.1) is 0 Å². The number of methoxy groups -OCH3 is 2. The summed E-state index contributed by atoms with van der Waals surface area (Å²) >= 11 is 0. The molecule has 0 aliphatic carbocycles. The third-order valence-electron chi connectivity index (χ3n) is 4.73. The summed E-state index contributed by atoms with van der Waals surface area (Å²) in [5, 5.41) is 0. The first-order valence-electron chi connectivity index (χ1n) is 8.86. The first-order chi connectivity index (χ1) is 13.7. The van der Waals surface area contributed by atoms with E-state index < -0.39 is 0 Å². The molecule has 0 unspecified atom stereocenters. The Morgan fingerprint density at radius 3 is 2.46 bits per heavy atom. The van der Waals surface area contributed by atoms with Gasteiger partial charge < -0.3 is 9.47 Å². The van der Waals surface area contributed by atoms with Crippen molar-refractivity contribution < 1.29 is 14.3 Å². The van der Waals surface area contributed by atoms with Crippen molar-refractivity contribution in [2.75, 3.05) is 19.1 Å². The van der Waals surface area contributed by atoms with Gasteiger partial charge in [-0.15, -0.1) is 0 Å². The second kappa shape index (κ2) is 7.22. The van der Waals surface area contributed by atoms with Gasteiger partial charge in [0.15, 0.2) is 23.1 Å². The van der Waals surface area contributed by atoms with Gasteiger partial charge in [0.2, 0.25) is 0 Å². The number of fused-ring (bicyclic) bond motifs is 1. The zero-order chi connectivity index (χ0) is 19.7. The van der Waals surface area contributed by atoms with Gasteiger partial charge in [0.1, 0.15) is 5.69 Å². The van der Waals surface area contributed by atoms with Gasteiger partial charge in [0, 0.05) is 18.0 Å². The van der Waals surface area contributed by atoms with Gasteiger partial charge in [0.25, 0.3) is 5.91 Å². The quantitative estimate of drug-likeness (QED) is 0.675. The fraction of sp³-hybridized carbons (Fsp3) is 0.250. The van der Waals surface area contributed by atoms with E-state index in [2.05, 4.69) is 19.9 Å². The number of ether oxygens (including phenoxy) is 2. The van der Waals surface area contributed by atoms with Gasteiger partial charge in [-0.05, 0) is 30.2 Å². The van der Waals surface area contributed by atoms with Gasteiger partial charge >= 0.3 is 0 Å². The molecule has 0 saturated heterocycles. The maximum absolute atomic E-state index is 13.2. The van der Waals surface area contributed by atoms with E-state index in [0.29, 0.717) is 40.8 Å². The molecule has 1 aliphatic heterocycles. The maximum Gasteiger partial charge on any atom is 0.260 e. The second-order valence-electron chi connectivity index (χ2n) is 6.23. The van der Waals surface area contributed by atoms with Gasteiger partial charge in [-0.2, -0.15) is 0 Å². The molecule has 3 aromatic rings. The van der Waals surface area contributed by atoms with E-state index in [4.69, 9.17) is 9.47 Å². The van der Waals surface area contributed by atoms with Crippen molar-refractivity contribution in [2.24, 2.45) is 0 Å². The Hall–Kier alpha value is -3.55. The third kappa shape index (κ3) is 2.83. The molecule has 2 aromatic heterocycles. The number of carbonyl (C=O) groups is 1. The molecule has 4 rings (SSSR count). The molecular weight excluding hydrogens is 358 g/mol. The van der Waals surface area contributed by atoms with Gasteiger partial charge in [-0.25, -0.2) is 15.0 Å². The number of hydrogen-bond acceptors (Lipinski definition) is 7. The van der Waals surface area contributed by atoms with Crippen molar-refractivity contribution >= 4 is 11.7 Å². The van der Waals surface area contributed by atoms with Crippen molar-refractivity contribution in [3.8, 4) is 23.0 Å². The highest BCUT2D eigenvalue weighted by atomic mass is 16.5. The lowest BCUT2D eigenvalue weighted by atomic mass is 10.0. The Balaban J connectivity index is 1.79. The summed E-state index contributed by atoms with van der Waals surface area (Å²) in [6.45, 7) is 2.02. The smallest absolute Gasteiger partial charge is 0.260 e. The lowest BCUT2D eigenvalue weighted by Crippen LogP contribution is -2.28. The molecule has 28 heavy (non-hydrogen) atoms. The van der Waals surface area contributed by atoms with Gasteiger partial charge in [0.05, 0.1) is 32.7 Å². The molecule has 0 fully saturated rings. The molecule has 1 atom stereocenters. The van der Waals surface area contributed by atoms with Crippen molar-refractivity contribution in [1.82, 2.24) is 19.9 Å². The topological polar surface area (TPSA) is 90.3 Å². The molecule has 3 heterocycles. The molecule has 8 heteroatoms. The van der Waals surface area contributed by atoms with Crippen LogP contribution in [0.5, 0.6) is 11.5 Å². The highest BCUT2D eigenvalue weighted by Gasteiger charge is 2.39. The number of anilines is 1. The minimum Gasteiger partial charge on any atom is -0.493 e. The van der Waals surface area contributed by atoms with Gasteiger partial charge in [-0.1, -0.05) is 6.92 Å². The monoisotopic (exact) mass is 377 g/mol. The summed E-state index contributed by atoms with van der Waals surface area (Å²) in [6.07, 6.45) is 7.15. The third-order valence-corrected chi connectivity index (χ3v) is 4.73. The van der Waals surface area contributed by atoms with Crippen LogP contribution >= 0.6 is 0 Å². The van der Waals surface area contributed by atoms with E-state index in [1.54, 1.807) is 56.0 Å². The first kappa shape index (κ1) is 17.8. The Labute approximate surface area is 162 Å². The predicted octanol–water partition coefficient (Wildman–Crippen LogP) is 3.06. The predicted molar refractivity (Wildman–Crippen MR) is 102 cm³/mol. The highest BCUT2D eigenvalue weighted by Crippen LogP contribution is 2.43. The Bertz CT molecular complexity index is 1030. The molecule has 1 aliphatic rings. The molecule has 8 nitrogen and oxygen atoms in total. The van der Waals surface area contributed by atoms with Crippen LogP contribution in [0.25, 0.3) is 11.5 Å². The lowest BCUT2D eigenvalue weighted by Gasteiger charge is -2.23. The normalized spacial score (nSPS) is 15.5. The average molecular weight is 377 g/mol. The van der Waals surface area contributed by atoms with Crippen LogP contribution in [0.2, 0.25) is 0 Å². The minimum absolute atomic E-state index is 0.150. The number of carbonyl (C=O) groups excluding carboxylic acids is 1. The first-order valence-corrected chi connectivity index (χ1v) is 8.86. The summed E-state index contributed by atoms with van der Waals surface area (Å²) in [4.78, 5) is 32.1. The standard InChI is InChI=1S/C20H19N5O3/c1-4-15-12-8-16(27-2)17(28-3)9-13(12)20(26)25(15)18-11-21-10-14(24-18)19-22-6-5-7-23-19/h5-11,15H,4H2,1-3H3/t15-/m1/s1.